The second-order valence-electron chi connectivity index (χ2n) is 8.02. The fourth-order valence-electron chi connectivity index (χ4n) is 3.89. The molecule has 0 radical (unpaired) electrons. The number of hydrogen-bond acceptors (Lipinski definition) is 2. The number of rotatable bonds is 2. The Morgan fingerprint density at radius 3 is 2.35 bits per heavy atom. The summed E-state index contributed by atoms with van der Waals surface area (Å²) in [5, 5.41) is 0. The Kier molecular flexibility index (Phi) is 5.11. The molecule has 0 aromatic heterocycles. The fraction of sp³-hybridized carbons (Fsp3) is 0.941. The van der Waals surface area contributed by atoms with Crippen molar-refractivity contribution in [3.05, 3.63) is 0 Å². The SMILES string of the molecule is CC(C)(C)C1CCN(C(=O)CC2CCCC(N)C2)CC1. The van der Waals surface area contributed by atoms with Crippen LogP contribution in [0.15, 0.2) is 0 Å². The Morgan fingerprint density at radius 1 is 1.15 bits per heavy atom. The lowest BCUT2D eigenvalue weighted by molar-refractivity contribution is -0.134. The smallest absolute Gasteiger partial charge is 0.222 e. The Hall–Kier alpha value is -0.570. The number of carbonyl (C=O) groups excluding carboxylic acids is 1. The zero-order chi connectivity index (χ0) is 14.8. The average Bonchev–Trinajstić information content (AvgIpc) is 2.38. The lowest BCUT2D eigenvalue weighted by Gasteiger charge is -2.39. The number of nitrogens with two attached hydrogens (primary N) is 1. The maximum absolute atomic E-state index is 12.4. The number of hydrogen-bond donors (Lipinski definition) is 1. The molecule has 0 aromatic rings. The third-order valence-corrected chi connectivity index (χ3v) is 5.36. The standard InChI is InChI=1S/C17H32N2O/c1-17(2,3)14-7-9-19(10-8-14)16(20)12-13-5-4-6-15(18)11-13/h13-15H,4-12,18H2,1-3H3. The summed E-state index contributed by atoms with van der Waals surface area (Å²) >= 11 is 0. The van der Waals surface area contributed by atoms with Gasteiger partial charge in [0.15, 0.2) is 0 Å². The second kappa shape index (κ2) is 6.46. The van der Waals surface area contributed by atoms with Crippen molar-refractivity contribution in [2.24, 2.45) is 23.0 Å². The van der Waals surface area contributed by atoms with Crippen molar-refractivity contribution in [3.8, 4) is 0 Å². The third-order valence-electron chi connectivity index (χ3n) is 5.36. The zero-order valence-corrected chi connectivity index (χ0v) is 13.5. The van der Waals surface area contributed by atoms with Gasteiger partial charge < -0.3 is 10.6 Å². The van der Waals surface area contributed by atoms with Crippen LogP contribution in [0.25, 0.3) is 0 Å². The van der Waals surface area contributed by atoms with Gasteiger partial charge >= 0.3 is 0 Å². The molecule has 116 valence electrons. The molecular weight excluding hydrogens is 248 g/mol. The van der Waals surface area contributed by atoms with Crippen molar-refractivity contribution in [2.45, 2.75) is 71.8 Å². The van der Waals surface area contributed by atoms with E-state index in [1.165, 1.54) is 25.7 Å². The van der Waals surface area contributed by atoms with Crippen LogP contribution in [-0.2, 0) is 4.79 Å². The van der Waals surface area contributed by atoms with Gasteiger partial charge in [-0.2, -0.15) is 0 Å². The molecule has 0 aromatic carbocycles. The number of piperidine rings is 1. The highest BCUT2D eigenvalue weighted by Gasteiger charge is 2.31. The molecule has 20 heavy (non-hydrogen) atoms. The van der Waals surface area contributed by atoms with Crippen LogP contribution in [0.2, 0.25) is 0 Å². The summed E-state index contributed by atoms with van der Waals surface area (Å²) in [4.78, 5) is 14.5. The average molecular weight is 280 g/mol. The number of amides is 1. The number of likely N-dealkylation sites (tertiary alicyclic amines) is 1. The lowest BCUT2D eigenvalue weighted by Crippen LogP contribution is -2.42. The predicted molar refractivity (Wildman–Crippen MR) is 83.3 cm³/mol. The molecule has 1 heterocycles. The van der Waals surface area contributed by atoms with E-state index in [0.717, 1.165) is 38.3 Å². The van der Waals surface area contributed by atoms with Crippen LogP contribution in [0.4, 0.5) is 0 Å². The van der Waals surface area contributed by atoms with Gasteiger partial charge in [0.05, 0.1) is 0 Å². The number of nitrogens with zero attached hydrogens (tertiary/aromatic N) is 1. The quantitative estimate of drug-likeness (QED) is 0.844. The Morgan fingerprint density at radius 2 is 1.80 bits per heavy atom. The summed E-state index contributed by atoms with van der Waals surface area (Å²) in [7, 11) is 0. The highest BCUT2D eigenvalue weighted by molar-refractivity contribution is 5.76. The topological polar surface area (TPSA) is 46.3 Å². The molecule has 1 saturated carbocycles. The van der Waals surface area contributed by atoms with Gasteiger partial charge in [-0.05, 0) is 49.4 Å². The molecule has 2 aliphatic rings. The van der Waals surface area contributed by atoms with Crippen molar-refractivity contribution in [3.63, 3.8) is 0 Å². The molecular formula is C17H32N2O. The summed E-state index contributed by atoms with van der Waals surface area (Å²) in [6, 6.07) is 0.327. The summed E-state index contributed by atoms with van der Waals surface area (Å²) in [5.74, 6) is 1.66. The fourth-order valence-corrected chi connectivity index (χ4v) is 3.89. The normalized spacial score (nSPS) is 29.5. The molecule has 1 aliphatic carbocycles. The monoisotopic (exact) mass is 280 g/mol. The summed E-state index contributed by atoms with van der Waals surface area (Å²) in [5.41, 5.74) is 6.40. The van der Waals surface area contributed by atoms with Crippen LogP contribution < -0.4 is 5.73 Å². The van der Waals surface area contributed by atoms with E-state index in [1.807, 2.05) is 0 Å². The Bertz CT molecular complexity index is 326. The van der Waals surface area contributed by atoms with Crippen LogP contribution in [0, 0.1) is 17.3 Å². The van der Waals surface area contributed by atoms with E-state index < -0.39 is 0 Å². The van der Waals surface area contributed by atoms with E-state index in [1.54, 1.807) is 0 Å². The maximum atomic E-state index is 12.4. The largest absolute Gasteiger partial charge is 0.343 e. The van der Waals surface area contributed by atoms with Crippen LogP contribution in [0.3, 0.4) is 0 Å². The molecule has 3 nitrogen and oxygen atoms in total. The van der Waals surface area contributed by atoms with Crippen molar-refractivity contribution in [2.75, 3.05) is 13.1 Å². The van der Waals surface area contributed by atoms with E-state index in [0.29, 0.717) is 23.3 Å². The molecule has 2 rings (SSSR count). The minimum atomic E-state index is 0.327. The summed E-state index contributed by atoms with van der Waals surface area (Å²) in [6.45, 7) is 8.87. The van der Waals surface area contributed by atoms with Crippen molar-refractivity contribution < 1.29 is 4.79 Å². The summed E-state index contributed by atoms with van der Waals surface area (Å²) < 4.78 is 0. The minimum Gasteiger partial charge on any atom is -0.343 e. The summed E-state index contributed by atoms with van der Waals surface area (Å²) in [6.07, 6.45) is 7.64. The molecule has 2 N–H and O–H groups in total. The molecule has 0 bridgehead atoms. The molecule has 3 heteroatoms. The van der Waals surface area contributed by atoms with Crippen molar-refractivity contribution >= 4 is 5.91 Å². The van der Waals surface area contributed by atoms with Gasteiger partial charge in [-0.1, -0.05) is 27.2 Å². The molecule has 1 amide bonds. The van der Waals surface area contributed by atoms with Gasteiger partial charge in [-0.3, -0.25) is 4.79 Å². The van der Waals surface area contributed by atoms with Crippen LogP contribution in [-0.4, -0.2) is 29.9 Å². The van der Waals surface area contributed by atoms with Gasteiger partial charge in [-0.15, -0.1) is 0 Å². The molecule has 2 atom stereocenters. The van der Waals surface area contributed by atoms with Gasteiger partial charge in [0.25, 0.3) is 0 Å². The maximum Gasteiger partial charge on any atom is 0.222 e. The predicted octanol–water partition coefficient (Wildman–Crippen LogP) is 3.18. The highest BCUT2D eigenvalue weighted by Crippen LogP contribution is 2.35. The highest BCUT2D eigenvalue weighted by atomic mass is 16.2. The van der Waals surface area contributed by atoms with E-state index in [2.05, 4.69) is 25.7 Å². The van der Waals surface area contributed by atoms with Crippen molar-refractivity contribution in [1.29, 1.82) is 0 Å². The molecule has 2 unspecified atom stereocenters. The van der Waals surface area contributed by atoms with Gasteiger partial charge in [-0.25, -0.2) is 0 Å². The van der Waals surface area contributed by atoms with E-state index >= 15 is 0 Å². The van der Waals surface area contributed by atoms with Gasteiger partial charge in [0, 0.05) is 25.6 Å². The Balaban J connectivity index is 1.77. The first-order valence-electron chi connectivity index (χ1n) is 8.39. The van der Waals surface area contributed by atoms with Crippen LogP contribution in [0.1, 0.15) is 65.7 Å². The van der Waals surface area contributed by atoms with Crippen LogP contribution in [0.5, 0.6) is 0 Å². The van der Waals surface area contributed by atoms with E-state index in [9.17, 15) is 4.79 Å². The van der Waals surface area contributed by atoms with E-state index in [4.69, 9.17) is 5.73 Å². The zero-order valence-electron chi connectivity index (χ0n) is 13.5. The van der Waals surface area contributed by atoms with E-state index in [-0.39, 0.29) is 0 Å². The van der Waals surface area contributed by atoms with Gasteiger partial charge in [0.2, 0.25) is 5.91 Å². The number of carbonyl (C=O) groups is 1. The van der Waals surface area contributed by atoms with Crippen LogP contribution >= 0.6 is 0 Å². The second-order valence-corrected chi connectivity index (χ2v) is 8.02. The molecule has 1 aliphatic heterocycles. The third kappa shape index (κ3) is 4.21. The van der Waals surface area contributed by atoms with Crippen molar-refractivity contribution in [1.82, 2.24) is 4.90 Å². The molecule has 0 spiro atoms. The first kappa shape index (κ1) is 15.8. The Labute approximate surface area is 124 Å². The first-order valence-corrected chi connectivity index (χ1v) is 8.39. The first-order chi connectivity index (χ1) is 9.36. The lowest BCUT2D eigenvalue weighted by atomic mass is 9.75. The molecule has 1 saturated heterocycles. The van der Waals surface area contributed by atoms with Gasteiger partial charge in [0.1, 0.15) is 0 Å². The minimum absolute atomic E-state index is 0.327. The molecule has 2 fully saturated rings.